The number of amides is 1. The lowest BCUT2D eigenvalue weighted by atomic mass is 9.59. The van der Waals surface area contributed by atoms with Crippen molar-refractivity contribution in [2.45, 2.75) is 24.9 Å². The maximum absolute atomic E-state index is 13.8. The molecule has 3 unspecified atom stereocenters. The van der Waals surface area contributed by atoms with Gasteiger partial charge in [0.1, 0.15) is 34.2 Å². The third-order valence-corrected chi connectivity index (χ3v) is 8.21. The number of nitrogens with zero attached hydrogens (tertiary/aromatic N) is 1. The van der Waals surface area contributed by atoms with E-state index in [-0.39, 0.29) is 36.1 Å². The summed E-state index contributed by atoms with van der Waals surface area (Å²) in [7, 11) is 3.62. The van der Waals surface area contributed by atoms with Crippen LogP contribution in [-0.4, -0.2) is 57.6 Å². The van der Waals surface area contributed by atoms with E-state index < -0.39 is 52.0 Å². The number of ketones is 2. The Kier molecular flexibility index (Phi) is 5.21. The molecule has 200 valence electrons. The fraction of sp³-hybridized carbons (Fsp3) is 0.276. The molecule has 0 radical (unpaired) electrons. The molecule has 1 fully saturated rings. The lowest BCUT2D eigenvalue weighted by molar-refractivity contribution is -0.147. The van der Waals surface area contributed by atoms with Gasteiger partial charge in [-0.2, -0.15) is 0 Å². The van der Waals surface area contributed by atoms with E-state index in [1.807, 2.05) is 37.2 Å². The molecule has 10 nitrogen and oxygen atoms in total. The molecule has 1 heterocycles. The van der Waals surface area contributed by atoms with E-state index in [4.69, 9.17) is 10.2 Å². The lowest BCUT2D eigenvalue weighted by Crippen LogP contribution is -2.58. The average molecular weight is 531 g/mol. The van der Waals surface area contributed by atoms with E-state index in [1.54, 1.807) is 18.2 Å². The van der Waals surface area contributed by atoms with Gasteiger partial charge in [0.2, 0.25) is 5.78 Å². The number of aromatic hydroxyl groups is 1. The number of benzene rings is 2. The Morgan fingerprint density at radius 3 is 2.49 bits per heavy atom. The molecular formula is C29H26N2O8. The van der Waals surface area contributed by atoms with Crippen LogP contribution in [0.2, 0.25) is 0 Å². The van der Waals surface area contributed by atoms with Gasteiger partial charge in [-0.3, -0.25) is 14.4 Å². The highest BCUT2D eigenvalue weighted by Crippen LogP contribution is 2.54. The molecule has 2 aromatic carbocycles. The Bertz CT molecular complexity index is 1660. The normalized spacial score (nSPS) is 24.5. The first kappa shape index (κ1) is 24.7. The molecule has 0 spiro atoms. The predicted molar refractivity (Wildman–Crippen MR) is 141 cm³/mol. The van der Waals surface area contributed by atoms with Gasteiger partial charge in [0.15, 0.2) is 11.4 Å². The van der Waals surface area contributed by atoms with Gasteiger partial charge in [0.25, 0.3) is 5.91 Å². The Hall–Kier alpha value is -4.57. The SMILES string of the molecule is CN(C)c1cc(-c2cc3ccccc3o2)c(O)c2c1CC1CC3CC(=O)C(C(N)=O)=C(O)C3(O)C(=O)C1=C2O. The van der Waals surface area contributed by atoms with Gasteiger partial charge >= 0.3 is 0 Å². The zero-order valence-electron chi connectivity index (χ0n) is 21.2. The Balaban J connectivity index is 1.58. The van der Waals surface area contributed by atoms with Crippen LogP contribution in [0.15, 0.2) is 57.7 Å². The highest BCUT2D eigenvalue weighted by Gasteiger charge is 2.60. The summed E-state index contributed by atoms with van der Waals surface area (Å²) in [6, 6.07) is 10.8. The topological polar surface area (TPSA) is 175 Å². The van der Waals surface area contributed by atoms with E-state index in [1.165, 1.54) is 0 Å². The molecule has 3 aliphatic rings. The molecule has 0 aliphatic heterocycles. The number of aliphatic hydroxyl groups is 3. The highest BCUT2D eigenvalue weighted by atomic mass is 16.4. The monoisotopic (exact) mass is 530 g/mol. The summed E-state index contributed by atoms with van der Waals surface area (Å²) in [6.07, 6.45) is -0.0729. The number of hydrogen-bond donors (Lipinski definition) is 5. The number of para-hydroxylation sites is 1. The quantitative estimate of drug-likeness (QED) is 0.319. The smallest absolute Gasteiger partial charge is 0.255 e. The van der Waals surface area contributed by atoms with Crippen LogP contribution in [0.3, 0.4) is 0 Å². The Labute approximate surface area is 222 Å². The minimum atomic E-state index is -2.61. The summed E-state index contributed by atoms with van der Waals surface area (Å²) >= 11 is 0. The predicted octanol–water partition coefficient (Wildman–Crippen LogP) is 2.90. The van der Waals surface area contributed by atoms with E-state index in [0.717, 1.165) is 5.39 Å². The molecule has 6 N–H and O–H groups in total. The molecule has 10 heteroatoms. The van der Waals surface area contributed by atoms with E-state index >= 15 is 0 Å². The number of anilines is 1. The number of carbonyl (C=O) groups is 3. The maximum Gasteiger partial charge on any atom is 0.255 e. The zero-order valence-corrected chi connectivity index (χ0v) is 21.2. The van der Waals surface area contributed by atoms with Gasteiger partial charge in [-0.1, -0.05) is 18.2 Å². The summed E-state index contributed by atoms with van der Waals surface area (Å²) in [5.41, 5.74) is 3.82. The number of aliphatic hydroxyl groups excluding tert-OH is 2. The molecular weight excluding hydrogens is 504 g/mol. The van der Waals surface area contributed by atoms with Crippen LogP contribution in [0, 0.1) is 11.8 Å². The standard InChI is InChI=1S/C29H26N2O8/c1-31(2)17-11-16(20-9-12-5-3-4-6-19(12)39-20)24(33)22-15(17)8-13-7-14-10-18(32)23(28(30)37)27(36)29(14,38)26(35)21(13)25(22)34/h3-6,9,11,13-14,33-34,36,38H,7-8,10H2,1-2H3,(H2,30,37). The third-order valence-electron chi connectivity index (χ3n) is 8.21. The van der Waals surface area contributed by atoms with Gasteiger partial charge in [-0.25, -0.2) is 0 Å². The van der Waals surface area contributed by atoms with Gasteiger partial charge in [0.05, 0.1) is 11.1 Å². The number of rotatable bonds is 3. The van der Waals surface area contributed by atoms with Crippen molar-refractivity contribution in [2.75, 3.05) is 19.0 Å². The highest BCUT2D eigenvalue weighted by molar-refractivity contribution is 6.22. The number of nitrogens with two attached hydrogens (primary N) is 1. The fourth-order valence-electron chi connectivity index (χ4n) is 6.37. The van der Waals surface area contributed by atoms with Crippen molar-refractivity contribution >= 4 is 39.9 Å². The molecule has 3 atom stereocenters. The van der Waals surface area contributed by atoms with Crippen LogP contribution in [0.5, 0.6) is 5.75 Å². The molecule has 3 aliphatic carbocycles. The van der Waals surface area contributed by atoms with Crippen molar-refractivity contribution in [3.63, 3.8) is 0 Å². The fourth-order valence-corrected chi connectivity index (χ4v) is 6.37. The van der Waals surface area contributed by atoms with Crippen LogP contribution < -0.4 is 10.6 Å². The molecule has 0 saturated heterocycles. The molecule has 39 heavy (non-hydrogen) atoms. The first-order valence-corrected chi connectivity index (χ1v) is 12.5. The number of primary amides is 1. The van der Waals surface area contributed by atoms with Crippen molar-refractivity contribution < 1.29 is 39.2 Å². The second-order valence-electron chi connectivity index (χ2n) is 10.6. The molecule has 3 aromatic rings. The second kappa shape index (κ2) is 8.21. The Morgan fingerprint density at radius 2 is 1.82 bits per heavy atom. The minimum absolute atomic E-state index is 0.0174. The van der Waals surface area contributed by atoms with E-state index in [0.29, 0.717) is 28.2 Å². The number of phenolic OH excluding ortho intramolecular Hbond substituents is 1. The lowest BCUT2D eigenvalue weighted by Gasteiger charge is -2.46. The molecule has 1 saturated carbocycles. The van der Waals surface area contributed by atoms with Gasteiger partial charge in [-0.05, 0) is 42.5 Å². The zero-order chi connectivity index (χ0) is 28.0. The number of hydrogen-bond acceptors (Lipinski definition) is 9. The van der Waals surface area contributed by atoms with E-state index in [9.17, 15) is 34.8 Å². The van der Waals surface area contributed by atoms with Crippen molar-refractivity contribution in [3.05, 3.63) is 64.4 Å². The number of phenols is 1. The van der Waals surface area contributed by atoms with Crippen molar-refractivity contribution in [1.82, 2.24) is 0 Å². The summed E-state index contributed by atoms with van der Waals surface area (Å²) in [5, 5.41) is 46.0. The number of furan rings is 1. The van der Waals surface area contributed by atoms with Gasteiger partial charge in [-0.15, -0.1) is 0 Å². The molecule has 0 bridgehead atoms. The summed E-state index contributed by atoms with van der Waals surface area (Å²) in [5.74, 6) is -6.26. The van der Waals surface area contributed by atoms with Crippen LogP contribution >= 0.6 is 0 Å². The summed E-state index contributed by atoms with van der Waals surface area (Å²) < 4.78 is 5.97. The molecule has 1 amide bonds. The van der Waals surface area contributed by atoms with Crippen LogP contribution in [0.1, 0.15) is 24.0 Å². The Morgan fingerprint density at radius 1 is 1.10 bits per heavy atom. The second-order valence-corrected chi connectivity index (χ2v) is 10.6. The molecule has 1 aromatic heterocycles. The average Bonchev–Trinajstić information content (AvgIpc) is 3.30. The molecule has 6 rings (SSSR count). The summed E-state index contributed by atoms with van der Waals surface area (Å²) in [6.45, 7) is 0. The number of fused-ring (bicyclic) bond motifs is 4. The third kappa shape index (κ3) is 3.27. The minimum Gasteiger partial charge on any atom is -0.508 e. The number of Topliss-reactive ketones (excluding diaryl/α,β-unsaturated/α-hetero) is 2. The van der Waals surface area contributed by atoms with Gasteiger partial charge in [0, 0.05) is 43.1 Å². The first-order chi connectivity index (χ1) is 18.4. The maximum atomic E-state index is 13.8. The first-order valence-electron chi connectivity index (χ1n) is 12.5. The van der Waals surface area contributed by atoms with Gasteiger partial charge < -0.3 is 35.5 Å². The van der Waals surface area contributed by atoms with E-state index in [2.05, 4.69) is 0 Å². The number of carbonyl (C=O) groups excluding carboxylic acids is 3. The van der Waals surface area contributed by atoms with Crippen molar-refractivity contribution in [2.24, 2.45) is 17.6 Å². The van der Waals surface area contributed by atoms with Crippen LogP contribution in [0.25, 0.3) is 28.1 Å². The van der Waals surface area contributed by atoms with Crippen LogP contribution in [-0.2, 0) is 20.8 Å². The van der Waals surface area contributed by atoms with Crippen molar-refractivity contribution in [3.8, 4) is 17.1 Å². The summed E-state index contributed by atoms with van der Waals surface area (Å²) in [4.78, 5) is 40.0. The van der Waals surface area contributed by atoms with Crippen molar-refractivity contribution in [1.29, 1.82) is 0 Å². The largest absolute Gasteiger partial charge is 0.508 e. The van der Waals surface area contributed by atoms with Crippen LogP contribution in [0.4, 0.5) is 5.69 Å².